The molecule has 0 saturated heterocycles. The lowest BCUT2D eigenvalue weighted by Crippen LogP contribution is -2.04. The van der Waals surface area contributed by atoms with Crippen LogP contribution in [0.3, 0.4) is 0 Å². The van der Waals surface area contributed by atoms with E-state index in [0.717, 1.165) is 11.3 Å². The minimum atomic E-state index is -0.383. The third kappa shape index (κ3) is 4.22. The van der Waals surface area contributed by atoms with Gasteiger partial charge in [-0.25, -0.2) is 9.89 Å². The summed E-state index contributed by atoms with van der Waals surface area (Å²) in [5, 5.41) is 11.2. The number of aromatic amines is 1. The van der Waals surface area contributed by atoms with Crippen molar-refractivity contribution in [1.29, 1.82) is 0 Å². The van der Waals surface area contributed by atoms with E-state index in [9.17, 15) is 4.79 Å². The number of rotatable bonds is 6. The molecule has 0 amide bonds. The van der Waals surface area contributed by atoms with Gasteiger partial charge in [-0.05, 0) is 42.0 Å². The van der Waals surface area contributed by atoms with Crippen LogP contribution in [-0.4, -0.2) is 34.2 Å². The molecule has 8 heteroatoms. The second-order valence-electron chi connectivity index (χ2n) is 5.22. The Morgan fingerprint density at radius 2 is 1.96 bits per heavy atom. The first kappa shape index (κ1) is 17.6. The summed E-state index contributed by atoms with van der Waals surface area (Å²) in [5.41, 5.74) is 1.28. The number of benzene rings is 2. The number of nitrogens with zero attached hydrogens (tertiary/aromatic N) is 3. The van der Waals surface area contributed by atoms with Crippen molar-refractivity contribution in [3.05, 3.63) is 76.3 Å². The molecule has 26 heavy (non-hydrogen) atoms. The summed E-state index contributed by atoms with van der Waals surface area (Å²) in [6, 6.07) is 16.3. The number of H-pyrrole nitrogens is 1. The SMILES string of the molecule is COC(=O)c1ccc(/C=N\n2c(COc3ccccc3)n[nH]c2=S)cc1. The maximum atomic E-state index is 11.4. The molecule has 0 bridgehead atoms. The maximum absolute atomic E-state index is 11.4. The number of hydrogen-bond acceptors (Lipinski definition) is 6. The normalized spacial score (nSPS) is 10.8. The van der Waals surface area contributed by atoms with E-state index in [-0.39, 0.29) is 12.6 Å². The standard InChI is InChI=1S/C18H16N4O3S/c1-24-17(23)14-9-7-13(8-10-14)11-19-22-16(20-21-18(22)26)12-25-15-5-3-2-4-6-15/h2-11H,12H2,1H3,(H,21,26)/b19-11-. The smallest absolute Gasteiger partial charge is 0.337 e. The Morgan fingerprint density at radius 1 is 1.23 bits per heavy atom. The summed E-state index contributed by atoms with van der Waals surface area (Å²) >= 11 is 5.20. The Labute approximate surface area is 154 Å². The highest BCUT2D eigenvalue weighted by Crippen LogP contribution is 2.11. The fraction of sp³-hybridized carbons (Fsp3) is 0.111. The van der Waals surface area contributed by atoms with Crippen LogP contribution in [-0.2, 0) is 11.3 Å². The lowest BCUT2D eigenvalue weighted by atomic mass is 10.1. The van der Waals surface area contributed by atoms with Crippen LogP contribution in [0.25, 0.3) is 0 Å². The van der Waals surface area contributed by atoms with Crippen LogP contribution < -0.4 is 4.74 Å². The topological polar surface area (TPSA) is 81.5 Å². The third-order valence-corrected chi connectivity index (χ3v) is 3.75. The van der Waals surface area contributed by atoms with Crippen LogP contribution in [0.4, 0.5) is 0 Å². The summed E-state index contributed by atoms with van der Waals surface area (Å²) in [4.78, 5) is 11.4. The zero-order valence-corrected chi connectivity index (χ0v) is 14.8. The summed E-state index contributed by atoms with van der Waals surface area (Å²) in [5.74, 6) is 0.891. The van der Waals surface area contributed by atoms with E-state index in [2.05, 4.69) is 20.0 Å². The van der Waals surface area contributed by atoms with Crippen molar-refractivity contribution in [1.82, 2.24) is 14.9 Å². The van der Waals surface area contributed by atoms with E-state index in [1.54, 1.807) is 30.5 Å². The van der Waals surface area contributed by atoms with Gasteiger partial charge in [-0.15, -0.1) is 0 Å². The molecule has 0 radical (unpaired) electrons. The van der Waals surface area contributed by atoms with Crippen molar-refractivity contribution in [2.24, 2.45) is 5.10 Å². The van der Waals surface area contributed by atoms with Crippen LogP contribution in [0.1, 0.15) is 21.7 Å². The molecule has 0 aliphatic rings. The second kappa shape index (κ2) is 8.21. The van der Waals surface area contributed by atoms with E-state index in [1.165, 1.54) is 11.8 Å². The molecule has 0 saturated carbocycles. The van der Waals surface area contributed by atoms with Crippen LogP contribution in [0.5, 0.6) is 5.75 Å². The molecule has 0 atom stereocenters. The van der Waals surface area contributed by atoms with Crippen LogP contribution in [0.2, 0.25) is 0 Å². The number of carbonyl (C=O) groups excluding carboxylic acids is 1. The Balaban J connectivity index is 1.73. The molecule has 0 aliphatic heterocycles. The molecule has 3 rings (SSSR count). The van der Waals surface area contributed by atoms with Crippen LogP contribution in [0.15, 0.2) is 59.7 Å². The Bertz CT molecular complexity index is 962. The van der Waals surface area contributed by atoms with Crippen molar-refractivity contribution >= 4 is 24.4 Å². The predicted octanol–water partition coefficient (Wildman–Crippen LogP) is 3.19. The highest BCUT2D eigenvalue weighted by atomic mass is 32.1. The fourth-order valence-electron chi connectivity index (χ4n) is 2.15. The number of ether oxygens (including phenoxy) is 2. The number of esters is 1. The van der Waals surface area contributed by atoms with E-state index in [4.69, 9.17) is 17.0 Å². The van der Waals surface area contributed by atoms with Gasteiger partial charge >= 0.3 is 5.97 Å². The molecule has 0 unspecified atom stereocenters. The molecule has 1 aromatic heterocycles. The summed E-state index contributed by atoms with van der Waals surface area (Å²) in [7, 11) is 1.34. The minimum absolute atomic E-state index is 0.218. The van der Waals surface area contributed by atoms with Gasteiger partial charge in [0.25, 0.3) is 0 Å². The first-order valence-corrected chi connectivity index (χ1v) is 8.15. The number of methoxy groups -OCH3 is 1. The first-order chi connectivity index (χ1) is 12.7. The predicted molar refractivity (Wildman–Crippen MR) is 99.0 cm³/mol. The van der Waals surface area contributed by atoms with Gasteiger partial charge in [0, 0.05) is 0 Å². The zero-order chi connectivity index (χ0) is 18.4. The molecule has 0 spiro atoms. The lowest BCUT2D eigenvalue weighted by molar-refractivity contribution is 0.0600. The van der Waals surface area contributed by atoms with Gasteiger partial charge in [-0.3, -0.25) is 0 Å². The maximum Gasteiger partial charge on any atom is 0.337 e. The average molecular weight is 368 g/mol. The summed E-state index contributed by atoms with van der Waals surface area (Å²) < 4.78 is 12.2. The molecule has 132 valence electrons. The quantitative estimate of drug-likeness (QED) is 0.410. The van der Waals surface area contributed by atoms with E-state index < -0.39 is 0 Å². The molecule has 3 aromatic rings. The average Bonchev–Trinajstić information content (AvgIpc) is 3.05. The Kier molecular flexibility index (Phi) is 5.55. The fourth-order valence-corrected chi connectivity index (χ4v) is 2.35. The number of hydrogen-bond donors (Lipinski definition) is 1. The van der Waals surface area contributed by atoms with Crippen molar-refractivity contribution < 1.29 is 14.3 Å². The van der Waals surface area contributed by atoms with Gasteiger partial charge in [0.05, 0.1) is 18.9 Å². The summed E-state index contributed by atoms with van der Waals surface area (Å²) in [6.45, 7) is 0.218. The van der Waals surface area contributed by atoms with Gasteiger partial charge in [0.1, 0.15) is 12.4 Å². The minimum Gasteiger partial charge on any atom is -0.486 e. The largest absolute Gasteiger partial charge is 0.486 e. The molecule has 1 heterocycles. The van der Waals surface area contributed by atoms with Gasteiger partial charge in [-0.2, -0.15) is 14.9 Å². The molecule has 0 fully saturated rings. The number of para-hydroxylation sites is 1. The van der Waals surface area contributed by atoms with Crippen molar-refractivity contribution in [3.63, 3.8) is 0 Å². The molecule has 7 nitrogen and oxygen atoms in total. The van der Waals surface area contributed by atoms with Gasteiger partial charge in [0.15, 0.2) is 5.82 Å². The van der Waals surface area contributed by atoms with E-state index >= 15 is 0 Å². The van der Waals surface area contributed by atoms with Gasteiger partial charge in [0.2, 0.25) is 4.77 Å². The van der Waals surface area contributed by atoms with Crippen molar-refractivity contribution in [2.75, 3.05) is 7.11 Å². The Hall–Kier alpha value is -3.26. The van der Waals surface area contributed by atoms with Crippen LogP contribution in [0, 0.1) is 4.77 Å². The third-order valence-electron chi connectivity index (χ3n) is 3.48. The highest BCUT2D eigenvalue weighted by Gasteiger charge is 2.07. The van der Waals surface area contributed by atoms with Gasteiger partial charge < -0.3 is 9.47 Å². The van der Waals surface area contributed by atoms with Crippen LogP contribution >= 0.6 is 12.2 Å². The Morgan fingerprint density at radius 3 is 2.65 bits per heavy atom. The lowest BCUT2D eigenvalue weighted by Gasteiger charge is -2.05. The monoisotopic (exact) mass is 368 g/mol. The highest BCUT2D eigenvalue weighted by molar-refractivity contribution is 7.71. The first-order valence-electron chi connectivity index (χ1n) is 7.74. The molecular formula is C18H16N4O3S. The second-order valence-corrected chi connectivity index (χ2v) is 5.60. The van der Waals surface area contributed by atoms with E-state index in [0.29, 0.717) is 16.2 Å². The van der Waals surface area contributed by atoms with E-state index in [1.807, 2.05) is 30.3 Å². The summed E-state index contributed by atoms with van der Waals surface area (Å²) in [6.07, 6.45) is 1.62. The van der Waals surface area contributed by atoms with Gasteiger partial charge in [-0.1, -0.05) is 30.3 Å². The zero-order valence-electron chi connectivity index (χ0n) is 14.0. The molecule has 0 aliphatic carbocycles. The van der Waals surface area contributed by atoms with Crippen molar-refractivity contribution in [2.45, 2.75) is 6.61 Å². The van der Waals surface area contributed by atoms with Crippen molar-refractivity contribution in [3.8, 4) is 5.75 Å². The molecule has 2 aromatic carbocycles. The molecule has 1 N–H and O–H groups in total. The number of nitrogens with one attached hydrogen (secondary N) is 1. The number of carbonyl (C=O) groups is 1. The number of aromatic nitrogens is 3. The molecular weight excluding hydrogens is 352 g/mol.